The summed E-state index contributed by atoms with van der Waals surface area (Å²) in [4.78, 5) is 0. The molecule has 2 aromatic heterocycles. The number of halogens is 1. The minimum atomic E-state index is -0.675. The van der Waals surface area contributed by atoms with Crippen LogP contribution in [0.4, 0.5) is 0 Å². The Bertz CT molecular complexity index is 798. The number of nitrogens with zero attached hydrogens (tertiary/aromatic N) is 2. The molecule has 0 fully saturated rings. The number of benzene rings is 1. The highest BCUT2D eigenvalue weighted by Crippen LogP contribution is 2.22. The highest BCUT2D eigenvalue weighted by atomic mass is 35.5. The van der Waals surface area contributed by atoms with Gasteiger partial charge in [-0.3, -0.25) is 0 Å². The summed E-state index contributed by atoms with van der Waals surface area (Å²) >= 11 is 6.06. The molecule has 24 heavy (non-hydrogen) atoms. The van der Waals surface area contributed by atoms with Gasteiger partial charge >= 0.3 is 0 Å². The highest BCUT2D eigenvalue weighted by Gasteiger charge is 2.17. The Morgan fingerprint density at radius 3 is 2.88 bits per heavy atom. The van der Waals surface area contributed by atoms with Crippen molar-refractivity contribution in [3.05, 3.63) is 70.9 Å². The van der Waals surface area contributed by atoms with Gasteiger partial charge in [0.2, 0.25) is 0 Å². The molecule has 1 aromatic carbocycles. The molecule has 0 saturated heterocycles. The molecule has 126 valence electrons. The van der Waals surface area contributed by atoms with Crippen LogP contribution in [-0.2, 0) is 0 Å². The first kappa shape index (κ1) is 16.8. The second-order valence-electron chi connectivity index (χ2n) is 5.74. The van der Waals surface area contributed by atoms with Gasteiger partial charge in [0.25, 0.3) is 0 Å². The molecule has 2 heterocycles. The summed E-state index contributed by atoms with van der Waals surface area (Å²) in [7, 11) is 0. The van der Waals surface area contributed by atoms with Gasteiger partial charge < -0.3 is 14.8 Å². The average molecular weight is 346 g/mol. The summed E-state index contributed by atoms with van der Waals surface area (Å²) in [5, 5.41) is 18.6. The van der Waals surface area contributed by atoms with Crippen LogP contribution in [0.3, 0.4) is 0 Å². The molecule has 3 aromatic rings. The van der Waals surface area contributed by atoms with Crippen molar-refractivity contribution in [2.24, 2.45) is 0 Å². The van der Waals surface area contributed by atoms with E-state index in [1.54, 1.807) is 18.4 Å². The molecule has 0 amide bonds. The Hall–Kier alpha value is -2.08. The number of aliphatic hydroxyl groups is 1. The van der Waals surface area contributed by atoms with Crippen molar-refractivity contribution in [3.8, 4) is 5.69 Å². The Morgan fingerprint density at radius 1 is 1.33 bits per heavy atom. The van der Waals surface area contributed by atoms with E-state index in [2.05, 4.69) is 10.4 Å². The molecule has 0 aliphatic rings. The number of aromatic nitrogens is 2. The molecule has 0 spiro atoms. The van der Waals surface area contributed by atoms with E-state index in [1.165, 1.54) is 0 Å². The van der Waals surface area contributed by atoms with E-state index in [0.717, 1.165) is 16.9 Å². The largest absolute Gasteiger partial charge is 0.467 e. The zero-order chi connectivity index (χ0) is 17.1. The number of nitrogens with one attached hydrogen (secondary N) is 1. The van der Waals surface area contributed by atoms with Gasteiger partial charge in [0, 0.05) is 28.9 Å². The summed E-state index contributed by atoms with van der Waals surface area (Å²) in [5.74, 6) is 0.557. The normalized spacial score (nSPS) is 13.8. The van der Waals surface area contributed by atoms with Gasteiger partial charge in [0.1, 0.15) is 11.9 Å². The fourth-order valence-electron chi connectivity index (χ4n) is 2.70. The molecule has 0 aliphatic heterocycles. The predicted octanol–water partition coefficient (Wildman–Crippen LogP) is 3.81. The second kappa shape index (κ2) is 7.21. The van der Waals surface area contributed by atoms with Crippen molar-refractivity contribution in [1.82, 2.24) is 15.1 Å². The quantitative estimate of drug-likeness (QED) is 0.713. The van der Waals surface area contributed by atoms with E-state index in [0.29, 0.717) is 17.3 Å². The molecule has 2 N–H and O–H groups in total. The van der Waals surface area contributed by atoms with Crippen LogP contribution >= 0.6 is 11.6 Å². The van der Waals surface area contributed by atoms with Crippen molar-refractivity contribution in [2.45, 2.75) is 26.0 Å². The number of hydrogen-bond acceptors (Lipinski definition) is 4. The van der Waals surface area contributed by atoms with Gasteiger partial charge in [-0.2, -0.15) is 5.10 Å². The molecule has 0 bridgehead atoms. The zero-order valence-electron chi connectivity index (χ0n) is 13.6. The minimum absolute atomic E-state index is 0.0440. The number of hydrogen-bond donors (Lipinski definition) is 2. The van der Waals surface area contributed by atoms with Crippen molar-refractivity contribution in [2.75, 3.05) is 6.54 Å². The number of aliphatic hydroxyl groups excluding tert-OH is 1. The molecule has 0 aliphatic carbocycles. The minimum Gasteiger partial charge on any atom is -0.467 e. The van der Waals surface area contributed by atoms with Crippen LogP contribution in [0.1, 0.15) is 36.1 Å². The summed E-state index contributed by atoms with van der Waals surface area (Å²) in [6.45, 7) is 4.46. The average Bonchev–Trinajstić information content (AvgIpc) is 3.22. The molecule has 6 heteroatoms. The topological polar surface area (TPSA) is 63.2 Å². The van der Waals surface area contributed by atoms with Crippen LogP contribution in [0.25, 0.3) is 5.69 Å². The molecule has 5 nitrogen and oxygen atoms in total. The van der Waals surface area contributed by atoms with Crippen LogP contribution in [0.2, 0.25) is 5.02 Å². The first-order valence-corrected chi connectivity index (χ1v) is 8.19. The lowest BCUT2D eigenvalue weighted by molar-refractivity contribution is 0.144. The molecular formula is C18H20ClN3O2. The van der Waals surface area contributed by atoms with Crippen LogP contribution in [0.5, 0.6) is 0 Å². The van der Waals surface area contributed by atoms with Gasteiger partial charge in [-0.1, -0.05) is 17.7 Å². The maximum atomic E-state index is 10.1. The van der Waals surface area contributed by atoms with Gasteiger partial charge in [-0.25, -0.2) is 4.68 Å². The van der Waals surface area contributed by atoms with Crippen LogP contribution in [0.15, 0.2) is 53.3 Å². The Labute approximate surface area is 145 Å². The highest BCUT2D eigenvalue weighted by molar-refractivity contribution is 6.30. The lowest BCUT2D eigenvalue weighted by Gasteiger charge is -2.16. The van der Waals surface area contributed by atoms with E-state index >= 15 is 0 Å². The summed E-state index contributed by atoms with van der Waals surface area (Å²) in [5.41, 5.74) is 3.03. The van der Waals surface area contributed by atoms with E-state index in [4.69, 9.17) is 16.0 Å². The molecule has 0 radical (unpaired) electrons. The lowest BCUT2D eigenvalue weighted by atomic mass is 10.1. The van der Waals surface area contributed by atoms with Gasteiger partial charge in [0.05, 0.1) is 18.1 Å². The number of rotatable bonds is 6. The van der Waals surface area contributed by atoms with Crippen LogP contribution < -0.4 is 5.32 Å². The smallest absolute Gasteiger partial charge is 0.133 e. The fourth-order valence-corrected chi connectivity index (χ4v) is 2.88. The maximum absolute atomic E-state index is 10.1. The van der Waals surface area contributed by atoms with Crippen molar-refractivity contribution in [1.29, 1.82) is 0 Å². The summed E-state index contributed by atoms with van der Waals surface area (Å²) in [6, 6.07) is 11.2. The standard InChI is InChI=1S/C18H20ClN3O2/c1-12(20-11-17(23)18-7-4-8-24-18)16-10-21-22(13(16)2)15-6-3-5-14(19)9-15/h3-10,12,17,20,23H,11H2,1-2H3. The first-order chi connectivity index (χ1) is 11.6. The SMILES string of the molecule is Cc1c(C(C)NCC(O)c2ccco2)cnn1-c1cccc(Cl)c1. The summed E-state index contributed by atoms with van der Waals surface area (Å²) < 4.78 is 7.07. The molecule has 3 rings (SSSR count). The Kier molecular flexibility index (Phi) is 5.04. The fraction of sp³-hybridized carbons (Fsp3) is 0.278. The van der Waals surface area contributed by atoms with Gasteiger partial charge in [0.15, 0.2) is 0 Å². The number of furan rings is 1. The lowest BCUT2D eigenvalue weighted by Crippen LogP contribution is -2.24. The molecular weight excluding hydrogens is 326 g/mol. The zero-order valence-corrected chi connectivity index (χ0v) is 14.4. The maximum Gasteiger partial charge on any atom is 0.133 e. The second-order valence-corrected chi connectivity index (χ2v) is 6.17. The van der Waals surface area contributed by atoms with E-state index < -0.39 is 6.10 Å². The van der Waals surface area contributed by atoms with Crippen molar-refractivity contribution in [3.63, 3.8) is 0 Å². The van der Waals surface area contributed by atoms with Crippen molar-refractivity contribution >= 4 is 11.6 Å². The first-order valence-electron chi connectivity index (χ1n) is 7.81. The summed E-state index contributed by atoms with van der Waals surface area (Å²) in [6.07, 6.45) is 2.72. The third kappa shape index (κ3) is 3.53. The molecule has 0 saturated carbocycles. The Morgan fingerprint density at radius 2 is 2.17 bits per heavy atom. The van der Waals surface area contributed by atoms with Crippen LogP contribution in [-0.4, -0.2) is 21.4 Å². The Balaban J connectivity index is 1.71. The molecule has 2 atom stereocenters. The predicted molar refractivity (Wildman–Crippen MR) is 93.4 cm³/mol. The van der Waals surface area contributed by atoms with Crippen molar-refractivity contribution < 1.29 is 9.52 Å². The van der Waals surface area contributed by atoms with E-state index in [9.17, 15) is 5.11 Å². The van der Waals surface area contributed by atoms with E-state index in [-0.39, 0.29) is 6.04 Å². The van der Waals surface area contributed by atoms with Gasteiger partial charge in [-0.15, -0.1) is 0 Å². The van der Waals surface area contributed by atoms with Gasteiger partial charge in [-0.05, 0) is 44.2 Å². The monoisotopic (exact) mass is 345 g/mol. The van der Waals surface area contributed by atoms with E-state index in [1.807, 2.05) is 49.0 Å². The third-order valence-corrected chi connectivity index (χ3v) is 4.29. The van der Waals surface area contributed by atoms with Crippen LogP contribution in [0, 0.1) is 6.92 Å². The third-order valence-electron chi connectivity index (χ3n) is 4.06. The molecule has 2 unspecified atom stereocenters.